The van der Waals surface area contributed by atoms with Crippen LogP contribution in [0.3, 0.4) is 0 Å². The minimum atomic E-state index is -1.63. The highest BCUT2D eigenvalue weighted by atomic mass is 35.5. The molecule has 0 aromatic carbocycles. The van der Waals surface area contributed by atoms with Crippen molar-refractivity contribution < 1.29 is 25.2 Å². The minimum Gasteiger partial charge on any atom is -0.394 e. The second kappa shape index (κ2) is 23.9. The Morgan fingerprint density at radius 3 is 1.00 bits per heavy atom. The molecule has 39 heavy (non-hydrogen) atoms. The summed E-state index contributed by atoms with van der Waals surface area (Å²) in [7, 11) is 0. The Labute approximate surface area is 251 Å². The number of ether oxygens (including phenoxy) is 1. The molecule has 4 N–H and O–H groups in total. The fraction of sp³-hybridized carbons (Fsp3) is 1.00. The molecule has 0 aliphatic rings. The number of alkyl halides is 2. The van der Waals surface area contributed by atoms with Crippen LogP contribution in [0.5, 0.6) is 0 Å². The van der Waals surface area contributed by atoms with Gasteiger partial charge in [-0.25, -0.2) is 0 Å². The summed E-state index contributed by atoms with van der Waals surface area (Å²) < 4.78 is 6.02. The summed E-state index contributed by atoms with van der Waals surface area (Å²) in [6.45, 7) is 7.94. The van der Waals surface area contributed by atoms with Gasteiger partial charge < -0.3 is 25.2 Å². The Kier molecular flexibility index (Phi) is 24.1. The number of aliphatic hydroxyl groups is 4. The van der Waals surface area contributed by atoms with Gasteiger partial charge in [0.2, 0.25) is 0 Å². The summed E-state index contributed by atoms with van der Waals surface area (Å²) in [6, 6.07) is 0. The molecule has 0 heterocycles. The molecule has 0 saturated carbocycles. The maximum absolute atomic E-state index is 10.5. The fourth-order valence-electron chi connectivity index (χ4n) is 5.08. The van der Waals surface area contributed by atoms with Crippen LogP contribution in [0.2, 0.25) is 0 Å². The molecule has 0 bridgehead atoms. The Hall–Kier alpha value is 0.380. The van der Waals surface area contributed by atoms with Gasteiger partial charge in [0, 0.05) is 0 Å². The molecule has 0 aromatic rings. The summed E-state index contributed by atoms with van der Waals surface area (Å²) in [6.07, 6.45) is 18.5. The van der Waals surface area contributed by atoms with Crippen LogP contribution < -0.4 is 0 Å². The monoisotopic (exact) mass is 598 g/mol. The third-order valence-electron chi connectivity index (χ3n) is 7.78. The number of unbranched alkanes of at least 4 members (excludes halogenated alkanes) is 14. The lowest BCUT2D eigenvalue weighted by molar-refractivity contribution is -0.178. The molecule has 0 amide bonds. The largest absolute Gasteiger partial charge is 0.394 e. The van der Waals surface area contributed by atoms with E-state index in [-0.39, 0.29) is 0 Å². The second-order valence-electron chi connectivity index (χ2n) is 12.6. The predicted molar refractivity (Wildman–Crippen MR) is 166 cm³/mol. The van der Waals surface area contributed by atoms with Crippen molar-refractivity contribution in [2.45, 2.75) is 178 Å². The Bertz CT molecular complexity index is 505. The average Bonchev–Trinajstić information content (AvgIpc) is 2.89. The number of hydrogen-bond donors (Lipinski definition) is 4. The molecule has 0 aliphatic carbocycles. The lowest BCUT2D eigenvalue weighted by Crippen LogP contribution is -2.52. The smallest absolute Gasteiger partial charge is 0.172 e. The number of halogens is 2. The highest BCUT2D eigenvalue weighted by Crippen LogP contribution is 2.40. The summed E-state index contributed by atoms with van der Waals surface area (Å²) >= 11 is 13.5. The van der Waals surface area contributed by atoms with Crippen molar-refractivity contribution in [3.63, 3.8) is 0 Å². The minimum absolute atomic E-state index is 0.300. The molecule has 0 aromatic heterocycles. The normalized spacial score (nSPS) is 16.9. The maximum Gasteiger partial charge on any atom is 0.172 e. The van der Waals surface area contributed by atoms with E-state index in [1.165, 1.54) is 77.0 Å². The fourth-order valence-corrected chi connectivity index (χ4v) is 5.80. The zero-order valence-corrected chi connectivity index (χ0v) is 27.3. The first kappa shape index (κ1) is 39.4. The summed E-state index contributed by atoms with van der Waals surface area (Å²) in [5.74, 6) is 1.56. The van der Waals surface area contributed by atoms with Gasteiger partial charge in [0.1, 0.15) is 12.2 Å². The van der Waals surface area contributed by atoms with E-state index in [4.69, 9.17) is 27.9 Å². The van der Waals surface area contributed by atoms with Crippen LogP contribution in [0.4, 0.5) is 0 Å². The third kappa shape index (κ3) is 20.0. The first-order valence-corrected chi connectivity index (χ1v) is 16.9. The van der Waals surface area contributed by atoms with Crippen LogP contribution in [0.25, 0.3) is 0 Å². The molecular formula is C32H64Cl2O5. The van der Waals surface area contributed by atoms with Crippen LogP contribution in [0.15, 0.2) is 0 Å². The van der Waals surface area contributed by atoms with Crippen molar-refractivity contribution in [2.75, 3.05) is 13.2 Å². The van der Waals surface area contributed by atoms with Crippen LogP contribution in [-0.4, -0.2) is 56.0 Å². The van der Waals surface area contributed by atoms with E-state index in [9.17, 15) is 20.4 Å². The van der Waals surface area contributed by atoms with Gasteiger partial charge in [0.15, 0.2) is 10.1 Å². The second-order valence-corrected chi connectivity index (χ2v) is 13.9. The molecule has 7 heteroatoms. The van der Waals surface area contributed by atoms with Crippen molar-refractivity contribution >= 4 is 23.2 Å². The lowest BCUT2D eigenvalue weighted by Gasteiger charge is -2.41. The molecule has 0 spiro atoms. The first-order valence-electron chi connectivity index (χ1n) is 16.2. The van der Waals surface area contributed by atoms with Gasteiger partial charge in [-0.15, -0.1) is 0 Å². The van der Waals surface area contributed by atoms with E-state index in [0.717, 1.165) is 37.5 Å². The standard InChI is InChI=1S/C32H64Cl2O5/c1-27(2)21-17-13-9-5-7-11-15-19-23-31(33,29(37)25-35)39-32(34,30(38)26-36)24-20-16-12-8-6-10-14-18-22-28(3)4/h27-30,35-38H,5-26H2,1-4H3. The predicted octanol–water partition coefficient (Wildman–Crippen LogP) is 8.69. The van der Waals surface area contributed by atoms with Crippen LogP contribution in [0.1, 0.15) is 156 Å². The summed E-state index contributed by atoms with van der Waals surface area (Å²) in [5.41, 5.74) is 0. The van der Waals surface area contributed by atoms with E-state index in [2.05, 4.69) is 27.7 Å². The van der Waals surface area contributed by atoms with E-state index in [1.54, 1.807) is 0 Å². The van der Waals surface area contributed by atoms with Gasteiger partial charge in [-0.3, -0.25) is 0 Å². The van der Waals surface area contributed by atoms with Gasteiger partial charge in [-0.05, 0) is 37.5 Å². The first-order chi connectivity index (χ1) is 18.5. The highest BCUT2D eigenvalue weighted by molar-refractivity contribution is 6.25. The molecule has 4 unspecified atom stereocenters. The zero-order valence-electron chi connectivity index (χ0n) is 25.8. The Balaban J connectivity index is 4.54. The molecule has 0 fully saturated rings. The SMILES string of the molecule is CC(C)CCCCCCCCCCC(Cl)(OC(Cl)(CCCCCCCCCCC(C)C)C(O)CO)C(O)CO. The van der Waals surface area contributed by atoms with E-state index in [0.29, 0.717) is 25.7 Å². The summed E-state index contributed by atoms with van der Waals surface area (Å²) in [5, 5.41) is 37.1. The molecular weight excluding hydrogens is 535 g/mol. The van der Waals surface area contributed by atoms with Crippen LogP contribution >= 0.6 is 23.2 Å². The van der Waals surface area contributed by atoms with Crippen LogP contribution in [0, 0.1) is 11.8 Å². The lowest BCUT2D eigenvalue weighted by atomic mass is 9.99. The van der Waals surface area contributed by atoms with Crippen molar-refractivity contribution in [3.05, 3.63) is 0 Å². The molecule has 5 nitrogen and oxygen atoms in total. The number of aliphatic hydroxyl groups excluding tert-OH is 4. The number of rotatable bonds is 28. The molecule has 0 aliphatic heterocycles. The van der Waals surface area contributed by atoms with Gasteiger partial charge in [0.25, 0.3) is 0 Å². The van der Waals surface area contributed by atoms with E-state index >= 15 is 0 Å². The van der Waals surface area contributed by atoms with Gasteiger partial charge in [-0.2, -0.15) is 0 Å². The summed E-state index contributed by atoms with van der Waals surface area (Å²) in [4.78, 5) is 0. The third-order valence-corrected chi connectivity index (χ3v) is 8.81. The van der Waals surface area contributed by atoms with E-state index in [1.807, 2.05) is 0 Å². The molecule has 236 valence electrons. The van der Waals surface area contributed by atoms with Crippen molar-refractivity contribution in [1.29, 1.82) is 0 Å². The Morgan fingerprint density at radius 1 is 0.487 bits per heavy atom. The maximum atomic E-state index is 10.5. The zero-order chi connectivity index (χ0) is 29.6. The topological polar surface area (TPSA) is 90.2 Å². The molecule has 4 atom stereocenters. The average molecular weight is 600 g/mol. The molecule has 0 rings (SSSR count). The highest BCUT2D eigenvalue weighted by Gasteiger charge is 2.47. The molecule has 0 radical (unpaired) electrons. The van der Waals surface area contributed by atoms with Crippen molar-refractivity contribution in [2.24, 2.45) is 11.8 Å². The quantitative estimate of drug-likeness (QED) is 0.0534. The van der Waals surface area contributed by atoms with Crippen LogP contribution in [-0.2, 0) is 4.74 Å². The molecule has 0 saturated heterocycles. The number of hydrogen-bond acceptors (Lipinski definition) is 5. The van der Waals surface area contributed by atoms with Gasteiger partial charge >= 0.3 is 0 Å². The van der Waals surface area contributed by atoms with Crippen molar-refractivity contribution in [3.8, 4) is 0 Å². The van der Waals surface area contributed by atoms with Crippen molar-refractivity contribution in [1.82, 2.24) is 0 Å². The Morgan fingerprint density at radius 2 is 0.744 bits per heavy atom. The van der Waals surface area contributed by atoms with Gasteiger partial charge in [0.05, 0.1) is 13.2 Å². The van der Waals surface area contributed by atoms with E-state index < -0.39 is 35.5 Å². The van der Waals surface area contributed by atoms with Gasteiger partial charge in [-0.1, -0.05) is 154 Å².